The molecule has 100 valence electrons. The van der Waals surface area contributed by atoms with Gasteiger partial charge in [0.05, 0.1) is 11.5 Å². The third kappa shape index (κ3) is 5.23. The lowest BCUT2D eigenvalue weighted by Gasteiger charge is -2.06. The first-order valence-corrected chi connectivity index (χ1v) is 7.10. The first-order chi connectivity index (χ1) is 8.65. The smallest absolute Gasteiger partial charge is 0.312 e. The summed E-state index contributed by atoms with van der Waals surface area (Å²) >= 11 is 8.77. The molecule has 1 rings (SSSR count). The summed E-state index contributed by atoms with van der Waals surface area (Å²) in [6.45, 7) is 0.491. The predicted octanol–water partition coefficient (Wildman–Crippen LogP) is 4.54. The average Bonchev–Trinajstić information content (AvgIpc) is 2.35. The Kier molecular flexibility index (Phi) is 7.05. The van der Waals surface area contributed by atoms with Gasteiger partial charge < -0.3 is 4.74 Å². The standard InChI is InChI=1S/C12H15BrClNO3/c13-10-5-6-12(11(9-10)15(16)17)18-8-4-2-1-3-7-14/h5-6,9H,1-4,7-8H2. The maximum atomic E-state index is 10.8. The largest absolute Gasteiger partial charge is 0.487 e. The number of benzene rings is 1. The predicted molar refractivity (Wildman–Crippen MR) is 75.5 cm³/mol. The molecule has 0 fully saturated rings. The first-order valence-electron chi connectivity index (χ1n) is 5.78. The molecule has 0 spiro atoms. The molecule has 18 heavy (non-hydrogen) atoms. The van der Waals surface area contributed by atoms with Crippen molar-refractivity contribution >= 4 is 33.2 Å². The van der Waals surface area contributed by atoms with Crippen LogP contribution in [-0.2, 0) is 0 Å². The van der Waals surface area contributed by atoms with E-state index in [0.29, 0.717) is 22.7 Å². The van der Waals surface area contributed by atoms with E-state index in [1.165, 1.54) is 6.07 Å². The van der Waals surface area contributed by atoms with E-state index in [-0.39, 0.29) is 5.69 Å². The Morgan fingerprint density at radius 1 is 1.28 bits per heavy atom. The van der Waals surface area contributed by atoms with Gasteiger partial charge >= 0.3 is 5.69 Å². The zero-order chi connectivity index (χ0) is 13.4. The molecule has 0 aliphatic heterocycles. The van der Waals surface area contributed by atoms with Crippen molar-refractivity contribution in [3.05, 3.63) is 32.8 Å². The minimum atomic E-state index is -0.437. The van der Waals surface area contributed by atoms with Gasteiger partial charge in [-0.3, -0.25) is 10.1 Å². The summed E-state index contributed by atoms with van der Waals surface area (Å²) in [5.41, 5.74) is -0.00914. The van der Waals surface area contributed by atoms with Crippen LogP contribution in [0.4, 0.5) is 5.69 Å². The molecule has 0 bridgehead atoms. The highest BCUT2D eigenvalue weighted by atomic mass is 79.9. The van der Waals surface area contributed by atoms with Crippen LogP contribution in [0.25, 0.3) is 0 Å². The summed E-state index contributed by atoms with van der Waals surface area (Å²) in [4.78, 5) is 10.4. The van der Waals surface area contributed by atoms with Crippen molar-refractivity contribution in [2.24, 2.45) is 0 Å². The molecule has 0 heterocycles. The van der Waals surface area contributed by atoms with Crippen molar-refractivity contribution in [2.75, 3.05) is 12.5 Å². The van der Waals surface area contributed by atoms with Gasteiger partial charge in [0.1, 0.15) is 0 Å². The molecule has 0 aliphatic carbocycles. The zero-order valence-corrected chi connectivity index (χ0v) is 12.2. The number of unbranched alkanes of at least 4 members (excludes halogenated alkanes) is 3. The summed E-state index contributed by atoms with van der Waals surface area (Å²) in [6, 6.07) is 4.79. The maximum absolute atomic E-state index is 10.8. The van der Waals surface area contributed by atoms with Crippen LogP contribution in [0.15, 0.2) is 22.7 Å². The fraction of sp³-hybridized carbons (Fsp3) is 0.500. The van der Waals surface area contributed by atoms with E-state index in [0.717, 1.165) is 25.7 Å². The molecule has 1 aromatic rings. The van der Waals surface area contributed by atoms with Crippen LogP contribution < -0.4 is 4.74 Å². The van der Waals surface area contributed by atoms with Crippen LogP contribution in [0.2, 0.25) is 0 Å². The van der Waals surface area contributed by atoms with Gasteiger partial charge in [0.2, 0.25) is 0 Å². The highest BCUT2D eigenvalue weighted by Crippen LogP contribution is 2.30. The number of halogens is 2. The van der Waals surface area contributed by atoms with Gasteiger partial charge in [-0.25, -0.2) is 0 Å². The number of alkyl halides is 1. The molecular weight excluding hydrogens is 321 g/mol. The van der Waals surface area contributed by atoms with Crippen molar-refractivity contribution in [3.8, 4) is 5.75 Å². The van der Waals surface area contributed by atoms with Gasteiger partial charge in [-0.2, -0.15) is 0 Å². The fourth-order valence-corrected chi connectivity index (χ4v) is 2.03. The molecule has 0 unspecified atom stereocenters. The van der Waals surface area contributed by atoms with Gasteiger partial charge in [0, 0.05) is 16.4 Å². The van der Waals surface area contributed by atoms with Gasteiger partial charge in [-0.15, -0.1) is 11.6 Å². The molecule has 0 saturated carbocycles. The number of ether oxygens (including phenoxy) is 1. The zero-order valence-electron chi connectivity index (χ0n) is 9.90. The number of nitrogens with zero attached hydrogens (tertiary/aromatic N) is 1. The van der Waals surface area contributed by atoms with E-state index in [1.54, 1.807) is 12.1 Å². The summed E-state index contributed by atoms with van der Waals surface area (Å²) in [7, 11) is 0. The SMILES string of the molecule is O=[N+]([O-])c1cc(Br)ccc1OCCCCCCCl. The van der Waals surface area contributed by atoms with Crippen molar-refractivity contribution in [1.29, 1.82) is 0 Å². The normalized spacial score (nSPS) is 10.3. The summed E-state index contributed by atoms with van der Waals surface area (Å²) in [5.74, 6) is 1.000. The average molecular weight is 337 g/mol. The molecule has 0 radical (unpaired) electrons. The summed E-state index contributed by atoms with van der Waals surface area (Å²) in [6.07, 6.45) is 3.97. The Balaban J connectivity index is 2.44. The van der Waals surface area contributed by atoms with E-state index in [4.69, 9.17) is 16.3 Å². The van der Waals surface area contributed by atoms with E-state index in [2.05, 4.69) is 15.9 Å². The lowest BCUT2D eigenvalue weighted by molar-refractivity contribution is -0.385. The van der Waals surface area contributed by atoms with Crippen LogP contribution >= 0.6 is 27.5 Å². The highest BCUT2D eigenvalue weighted by molar-refractivity contribution is 9.10. The topological polar surface area (TPSA) is 52.4 Å². The van der Waals surface area contributed by atoms with E-state index in [9.17, 15) is 10.1 Å². The Labute approximate surface area is 120 Å². The van der Waals surface area contributed by atoms with Crippen LogP contribution in [0.3, 0.4) is 0 Å². The molecule has 1 aromatic carbocycles. The first kappa shape index (κ1) is 15.2. The lowest BCUT2D eigenvalue weighted by atomic mass is 10.2. The minimum Gasteiger partial charge on any atom is -0.487 e. The molecule has 0 amide bonds. The molecule has 0 saturated heterocycles. The van der Waals surface area contributed by atoms with Crippen molar-refractivity contribution in [2.45, 2.75) is 25.7 Å². The van der Waals surface area contributed by atoms with E-state index < -0.39 is 4.92 Å². The van der Waals surface area contributed by atoms with Crippen molar-refractivity contribution in [1.82, 2.24) is 0 Å². The second kappa shape index (κ2) is 8.32. The van der Waals surface area contributed by atoms with Crippen LogP contribution in [0.1, 0.15) is 25.7 Å². The van der Waals surface area contributed by atoms with Gasteiger partial charge in [-0.05, 0) is 25.0 Å². The second-order valence-electron chi connectivity index (χ2n) is 3.82. The Hall–Kier alpha value is -0.810. The minimum absolute atomic E-state index is 0.00914. The monoisotopic (exact) mass is 335 g/mol. The quantitative estimate of drug-likeness (QED) is 0.303. The maximum Gasteiger partial charge on any atom is 0.312 e. The number of nitro benzene ring substituents is 1. The Bertz CT molecular complexity index is 401. The van der Waals surface area contributed by atoms with Gasteiger partial charge in [0.25, 0.3) is 0 Å². The van der Waals surface area contributed by atoms with Crippen molar-refractivity contribution < 1.29 is 9.66 Å². The molecule has 0 N–H and O–H groups in total. The molecule has 0 aliphatic rings. The van der Waals surface area contributed by atoms with Gasteiger partial charge in [0.15, 0.2) is 5.75 Å². The Morgan fingerprint density at radius 2 is 2.00 bits per heavy atom. The van der Waals surface area contributed by atoms with Crippen LogP contribution in [0.5, 0.6) is 5.75 Å². The molecule has 0 aromatic heterocycles. The molecule has 6 heteroatoms. The number of hydrogen-bond acceptors (Lipinski definition) is 3. The van der Waals surface area contributed by atoms with E-state index in [1.807, 2.05) is 0 Å². The number of nitro groups is 1. The number of hydrogen-bond donors (Lipinski definition) is 0. The van der Waals surface area contributed by atoms with Gasteiger partial charge in [-0.1, -0.05) is 28.8 Å². The highest BCUT2D eigenvalue weighted by Gasteiger charge is 2.15. The molecule has 0 atom stereocenters. The fourth-order valence-electron chi connectivity index (χ4n) is 1.49. The van der Waals surface area contributed by atoms with E-state index >= 15 is 0 Å². The second-order valence-corrected chi connectivity index (χ2v) is 5.11. The van der Waals surface area contributed by atoms with Crippen LogP contribution in [-0.4, -0.2) is 17.4 Å². The number of rotatable bonds is 8. The molecular formula is C12H15BrClNO3. The summed E-state index contributed by atoms with van der Waals surface area (Å²) in [5, 5.41) is 10.8. The lowest BCUT2D eigenvalue weighted by Crippen LogP contribution is -2.00. The Morgan fingerprint density at radius 3 is 2.67 bits per heavy atom. The third-order valence-corrected chi connectivity index (χ3v) is 3.16. The molecule has 4 nitrogen and oxygen atoms in total. The summed E-state index contributed by atoms with van der Waals surface area (Å²) < 4.78 is 6.11. The van der Waals surface area contributed by atoms with Crippen LogP contribution in [0, 0.1) is 10.1 Å². The van der Waals surface area contributed by atoms with Crippen molar-refractivity contribution in [3.63, 3.8) is 0 Å². The third-order valence-electron chi connectivity index (χ3n) is 2.40.